The van der Waals surface area contributed by atoms with Crippen molar-refractivity contribution in [3.8, 4) is 11.3 Å². The lowest BCUT2D eigenvalue weighted by molar-refractivity contribution is 0.213. The van der Waals surface area contributed by atoms with E-state index in [0.29, 0.717) is 5.75 Å². The summed E-state index contributed by atoms with van der Waals surface area (Å²) in [5, 5.41) is 14.3. The van der Waals surface area contributed by atoms with Gasteiger partial charge in [0.1, 0.15) is 17.3 Å². The highest BCUT2D eigenvalue weighted by Gasteiger charge is 2.18. The summed E-state index contributed by atoms with van der Waals surface area (Å²) < 4.78 is 7.84. The van der Waals surface area contributed by atoms with E-state index in [-0.39, 0.29) is 0 Å². The molecule has 7 heteroatoms. The van der Waals surface area contributed by atoms with Crippen LogP contribution in [0.5, 0.6) is 0 Å². The van der Waals surface area contributed by atoms with E-state index in [9.17, 15) is 0 Å². The first-order chi connectivity index (χ1) is 15.8. The minimum absolute atomic E-state index is 0.663. The minimum atomic E-state index is 0.663. The van der Waals surface area contributed by atoms with Gasteiger partial charge >= 0.3 is 0 Å². The topological polar surface area (TPSA) is 60.0 Å². The van der Waals surface area contributed by atoms with Gasteiger partial charge in [0.2, 0.25) is 0 Å². The predicted octanol–water partition coefficient (Wildman–Crippen LogP) is 5.26. The minimum Gasteiger partial charge on any atom is -0.360 e. The summed E-state index contributed by atoms with van der Waals surface area (Å²) >= 11 is 1.65. The first-order valence-corrected chi connectivity index (χ1v) is 12.2. The molecule has 32 heavy (non-hydrogen) atoms. The highest BCUT2D eigenvalue weighted by atomic mass is 32.2. The van der Waals surface area contributed by atoms with Crippen LogP contribution in [0.2, 0.25) is 0 Å². The van der Waals surface area contributed by atoms with Gasteiger partial charge in [0.15, 0.2) is 5.16 Å². The van der Waals surface area contributed by atoms with Crippen molar-refractivity contribution in [2.75, 3.05) is 13.1 Å². The zero-order chi connectivity index (χ0) is 21.6. The quantitative estimate of drug-likeness (QED) is 0.345. The average Bonchev–Trinajstić information content (AvgIpc) is 3.47. The first-order valence-electron chi connectivity index (χ1n) is 11.2. The van der Waals surface area contributed by atoms with Crippen LogP contribution in [0.3, 0.4) is 0 Å². The molecule has 1 fully saturated rings. The molecule has 4 aromatic rings. The van der Waals surface area contributed by atoms with Gasteiger partial charge in [0.25, 0.3) is 0 Å². The van der Waals surface area contributed by atoms with E-state index >= 15 is 0 Å². The Morgan fingerprint density at radius 1 is 0.844 bits per heavy atom. The highest BCUT2D eigenvalue weighted by molar-refractivity contribution is 7.98. The van der Waals surface area contributed by atoms with Crippen LogP contribution < -0.4 is 0 Å². The van der Waals surface area contributed by atoms with E-state index in [2.05, 4.69) is 49.1 Å². The summed E-state index contributed by atoms with van der Waals surface area (Å²) in [5.74, 6) is 2.53. The number of hydrogen-bond donors (Lipinski definition) is 0. The van der Waals surface area contributed by atoms with E-state index < -0.39 is 0 Å². The average molecular weight is 446 g/mol. The third-order valence-corrected chi connectivity index (χ3v) is 6.75. The molecule has 0 radical (unpaired) electrons. The zero-order valence-electron chi connectivity index (χ0n) is 18.1. The SMILES string of the molecule is c1ccc(Cn2c(CN3CCCCC3)nnc2SCc2cc(-c3ccccc3)no2)cc1. The molecule has 0 spiro atoms. The van der Waals surface area contributed by atoms with E-state index in [1.54, 1.807) is 11.8 Å². The highest BCUT2D eigenvalue weighted by Crippen LogP contribution is 2.26. The van der Waals surface area contributed by atoms with Crippen LogP contribution >= 0.6 is 11.8 Å². The lowest BCUT2D eigenvalue weighted by Gasteiger charge is -2.26. The molecule has 0 amide bonds. The van der Waals surface area contributed by atoms with Crippen molar-refractivity contribution in [2.24, 2.45) is 0 Å². The van der Waals surface area contributed by atoms with Gasteiger partial charge in [-0.1, -0.05) is 84.0 Å². The maximum Gasteiger partial charge on any atom is 0.192 e. The molecular weight excluding hydrogens is 418 g/mol. The van der Waals surface area contributed by atoms with Gasteiger partial charge in [0, 0.05) is 11.6 Å². The van der Waals surface area contributed by atoms with Crippen LogP contribution in [0.25, 0.3) is 11.3 Å². The normalized spacial score (nSPS) is 14.6. The van der Waals surface area contributed by atoms with E-state index in [4.69, 9.17) is 4.52 Å². The molecule has 0 bridgehead atoms. The number of thioether (sulfide) groups is 1. The Labute approximate surface area is 192 Å². The monoisotopic (exact) mass is 445 g/mol. The molecule has 0 unspecified atom stereocenters. The van der Waals surface area contributed by atoms with Crippen LogP contribution in [0.15, 0.2) is 76.4 Å². The fourth-order valence-electron chi connectivity index (χ4n) is 4.05. The Bertz CT molecular complexity index is 1120. The molecule has 0 aliphatic carbocycles. The van der Waals surface area contributed by atoms with Crippen molar-refractivity contribution in [3.05, 3.63) is 83.9 Å². The third kappa shape index (κ3) is 5.11. The van der Waals surface area contributed by atoms with Gasteiger partial charge in [0.05, 0.1) is 18.8 Å². The van der Waals surface area contributed by atoms with Crippen LogP contribution in [-0.2, 0) is 18.8 Å². The number of nitrogens with zero attached hydrogens (tertiary/aromatic N) is 5. The van der Waals surface area contributed by atoms with Gasteiger partial charge < -0.3 is 9.09 Å². The second-order valence-electron chi connectivity index (χ2n) is 8.14. The van der Waals surface area contributed by atoms with Gasteiger partial charge in [-0.3, -0.25) is 4.90 Å². The second-order valence-corrected chi connectivity index (χ2v) is 9.08. The summed E-state index contributed by atoms with van der Waals surface area (Å²) in [6.45, 7) is 3.90. The van der Waals surface area contributed by atoms with Crippen molar-refractivity contribution >= 4 is 11.8 Å². The van der Waals surface area contributed by atoms with Gasteiger partial charge in [-0.05, 0) is 31.5 Å². The molecule has 0 N–H and O–H groups in total. The van der Waals surface area contributed by atoms with Crippen molar-refractivity contribution < 1.29 is 4.52 Å². The Hall–Kier alpha value is -2.90. The smallest absolute Gasteiger partial charge is 0.192 e. The fourth-order valence-corrected chi connectivity index (χ4v) is 4.88. The summed E-state index contributed by atoms with van der Waals surface area (Å²) in [6, 6.07) is 22.6. The molecule has 1 aliphatic heterocycles. The number of rotatable bonds is 8. The lowest BCUT2D eigenvalue weighted by atomic mass is 10.1. The summed E-state index contributed by atoms with van der Waals surface area (Å²) in [7, 11) is 0. The molecule has 2 aromatic carbocycles. The third-order valence-electron chi connectivity index (χ3n) is 5.76. The molecule has 2 aromatic heterocycles. The maximum atomic E-state index is 5.59. The molecular formula is C25H27N5OS. The summed E-state index contributed by atoms with van der Waals surface area (Å²) in [5.41, 5.74) is 3.17. The first kappa shape index (κ1) is 21.0. The van der Waals surface area contributed by atoms with Gasteiger partial charge in [-0.2, -0.15) is 0 Å². The van der Waals surface area contributed by atoms with Crippen molar-refractivity contribution in [1.82, 2.24) is 24.8 Å². The second kappa shape index (κ2) is 10.1. The zero-order valence-corrected chi connectivity index (χ0v) is 18.9. The lowest BCUT2D eigenvalue weighted by Crippen LogP contribution is -2.30. The summed E-state index contributed by atoms with van der Waals surface area (Å²) in [4.78, 5) is 2.49. The maximum absolute atomic E-state index is 5.59. The number of aromatic nitrogens is 4. The van der Waals surface area contributed by atoms with Crippen molar-refractivity contribution in [2.45, 2.75) is 43.3 Å². The summed E-state index contributed by atoms with van der Waals surface area (Å²) in [6.07, 6.45) is 3.86. The van der Waals surface area contributed by atoms with Crippen LogP contribution in [0.1, 0.15) is 36.4 Å². The van der Waals surface area contributed by atoms with Crippen molar-refractivity contribution in [3.63, 3.8) is 0 Å². The van der Waals surface area contributed by atoms with Gasteiger partial charge in [-0.25, -0.2) is 0 Å². The number of piperidine rings is 1. The standard InChI is InChI=1S/C25H27N5OS/c1-4-10-20(11-5-1)17-30-24(18-29-14-8-3-9-15-29)26-27-25(30)32-19-22-16-23(28-31-22)21-12-6-2-7-13-21/h1-2,4-7,10-13,16H,3,8-9,14-15,17-19H2. The van der Waals surface area contributed by atoms with E-state index in [1.165, 1.54) is 24.8 Å². The largest absolute Gasteiger partial charge is 0.360 e. The molecule has 164 valence electrons. The van der Waals surface area contributed by atoms with Crippen LogP contribution in [-0.4, -0.2) is 37.9 Å². The van der Waals surface area contributed by atoms with Crippen LogP contribution in [0, 0.1) is 0 Å². The number of likely N-dealkylation sites (tertiary alicyclic amines) is 1. The van der Waals surface area contributed by atoms with Crippen LogP contribution in [0.4, 0.5) is 0 Å². The molecule has 1 saturated heterocycles. The fraction of sp³-hybridized carbons (Fsp3) is 0.320. The molecule has 1 aliphatic rings. The predicted molar refractivity (Wildman–Crippen MR) is 126 cm³/mol. The Kier molecular flexibility index (Phi) is 6.65. The number of hydrogen-bond acceptors (Lipinski definition) is 6. The Balaban J connectivity index is 1.33. The molecule has 5 rings (SSSR count). The van der Waals surface area contributed by atoms with Gasteiger partial charge in [-0.15, -0.1) is 10.2 Å². The number of benzene rings is 2. The molecule has 3 heterocycles. The Morgan fingerprint density at radius 3 is 2.38 bits per heavy atom. The Morgan fingerprint density at radius 2 is 1.59 bits per heavy atom. The molecule has 6 nitrogen and oxygen atoms in total. The van der Waals surface area contributed by atoms with E-state index in [1.807, 2.05) is 42.5 Å². The molecule has 0 saturated carbocycles. The van der Waals surface area contributed by atoms with Crippen molar-refractivity contribution in [1.29, 1.82) is 0 Å². The van der Waals surface area contributed by atoms with E-state index in [0.717, 1.165) is 54.2 Å². The molecule has 0 atom stereocenters.